The van der Waals surface area contributed by atoms with Crippen molar-refractivity contribution in [1.82, 2.24) is 0 Å². The van der Waals surface area contributed by atoms with E-state index in [2.05, 4.69) is 25.3 Å². The molecule has 0 aliphatic heterocycles. The molecule has 0 N–H and O–H groups in total. The van der Waals surface area contributed by atoms with Gasteiger partial charge in [-0.1, -0.05) is 13.8 Å². The van der Waals surface area contributed by atoms with Gasteiger partial charge in [-0.25, -0.2) is 0 Å². The third kappa shape index (κ3) is 0.734. The Balaban J connectivity index is 2.43. The quantitative estimate of drug-likeness (QED) is 0.536. The number of hydrogen-bond donors (Lipinski definition) is 0. The molecule has 0 bridgehead atoms. The third-order valence-corrected chi connectivity index (χ3v) is 3.59. The highest BCUT2D eigenvalue weighted by Gasteiger charge is 2.25. The molecule has 0 fully saturated rings. The van der Waals surface area contributed by atoms with Crippen molar-refractivity contribution in [2.24, 2.45) is 5.92 Å². The van der Waals surface area contributed by atoms with E-state index in [1.54, 1.807) is 10.4 Å². The minimum absolute atomic E-state index is 0.807. The van der Waals surface area contributed by atoms with Crippen LogP contribution >= 0.6 is 11.3 Å². The van der Waals surface area contributed by atoms with Crippen molar-refractivity contribution in [3.05, 3.63) is 21.9 Å². The standard InChI is InChI=1S/C9H12S/c1-6-5-9-8(7(6)2)3-4-10-9/h3-4,6-7H,5H2,1-2H3. The molecule has 10 heavy (non-hydrogen) atoms. The van der Waals surface area contributed by atoms with Gasteiger partial charge in [-0.15, -0.1) is 11.3 Å². The van der Waals surface area contributed by atoms with Crippen molar-refractivity contribution in [2.45, 2.75) is 26.2 Å². The lowest BCUT2D eigenvalue weighted by Gasteiger charge is -2.07. The monoisotopic (exact) mass is 152 g/mol. The lowest BCUT2D eigenvalue weighted by atomic mass is 9.97. The summed E-state index contributed by atoms with van der Waals surface area (Å²) in [6.45, 7) is 4.68. The maximum absolute atomic E-state index is 2.34. The smallest absolute Gasteiger partial charge is 0.00829 e. The Morgan fingerprint density at radius 1 is 1.50 bits per heavy atom. The lowest BCUT2D eigenvalue weighted by molar-refractivity contribution is 0.532. The Morgan fingerprint density at radius 2 is 2.30 bits per heavy atom. The highest BCUT2D eigenvalue weighted by Crippen LogP contribution is 2.39. The molecule has 1 aromatic rings. The molecular formula is C9H12S. The Labute approximate surface area is 65.9 Å². The average Bonchev–Trinajstić information content (AvgIpc) is 2.41. The summed E-state index contributed by atoms with van der Waals surface area (Å²) in [5.41, 5.74) is 1.61. The number of fused-ring (bicyclic) bond motifs is 1. The lowest BCUT2D eigenvalue weighted by Crippen LogP contribution is -1.97. The van der Waals surface area contributed by atoms with Crippen LogP contribution in [-0.4, -0.2) is 0 Å². The summed E-state index contributed by atoms with van der Waals surface area (Å²) in [6, 6.07) is 2.29. The van der Waals surface area contributed by atoms with E-state index in [9.17, 15) is 0 Å². The molecule has 1 heteroatoms. The number of rotatable bonds is 0. The second-order valence-electron chi connectivity index (χ2n) is 3.27. The van der Waals surface area contributed by atoms with Gasteiger partial charge >= 0.3 is 0 Å². The van der Waals surface area contributed by atoms with Crippen LogP contribution in [0, 0.1) is 5.92 Å². The second kappa shape index (κ2) is 2.09. The van der Waals surface area contributed by atoms with Crippen LogP contribution in [0.3, 0.4) is 0 Å². The van der Waals surface area contributed by atoms with Gasteiger partial charge in [0.15, 0.2) is 0 Å². The molecule has 1 heterocycles. The fourth-order valence-corrected chi connectivity index (χ4v) is 2.83. The van der Waals surface area contributed by atoms with Crippen LogP contribution in [0.4, 0.5) is 0 Å². The Morgan fingerprint density at radius 3 is 3.00 bits per heavy atom. The van der Waals surface area contributed by atoms with Gasteiger partial charge in [-0.05, 0) is 35.3 Å². The van der Waals surface area contributed by atoms with E-state index in [4.69, 9.17) is 0 Å². The molecule has 0 amide bonds. The average molecular weight is 152 g/mol. The van der Waals surface area contributed by atoms with Gasteiger partial charge < -0.3 is 0 Å². The van der Waals surface area contributed by atoms with Gasteiger partial charge in [0.1, 0.15) is 0 Å². The van der Waals surface area contributed by atoms with Crippen LogP contribution in [0.5, 0.6) is 0 Å². The molecule has 0 saturated carbocycles. The highest BCUT2D eigenvalue weighted by atomic mass is 32.1. The first kappa shape index (κ1) is 6.41. The van der Waals surface area contributed by atoms with Gasteiger partial charge in [0.2, 0.25) is 0 Å². The zero-order valence-corrected chi connectivity index (χ0v) is 7.24. The molecule has 2 unspecified atom stereocenters. The first-order chi connectivity index (χ1) is 4.79. The molecule has 0 nitrogen and oxygen atoms in total. The van der Waals surface area contributed by atoms with Crippen LogP contribution in [0.25, 0.3) is 0 Å². The molecule has 2 atom stereocenters. The molecule has 0 aromatic carbocycles. The zero-order chi connectivity index (χ0) is 7.14. The molecular weight excluding hydrogens is 140 g/mol. The minimum Gasteiger partial charge on any atom is -0.149 e. The Hall–Kier alpha value is -0.300. The van der Waals surface area contributed by atoms with Crippen molar-refractivity contribution in [3.8, 4) is 0 Å². The van der Waals surface area contributed by atoms with E-state index in [1.165, 1.54) is 6.42 Å². The second-order valence-corrected chi connectivity index (χ2v) is 4.27. The summed E-state index contributed by atoms with van der Waals surface area (Å²) in [5, 5.41) is 2.22. The maximum atomic E-state index is 2.34. The van der Waals surface area contributed by atoms with Crippen LogP contribution in [0.1, 0.15) is 30.2 Å². The van der Waals surface area contributed by atoms with Crippen molar-refractivity contribution in [2.75, 3.05) is 0 Å². The molecule has 2 rings (SSSR count). The van der Waals surface area contributed by atoms with Gasteiger partial charge in [-0.2, -0.15) is 0 Å². The molecule has 0 radical (unpaired) electrons. The predicted molar refractivity (Wildman–Crippen MR) is 45.6 cm³/mol. The number of thiophene rings is 1. The first-order valence-corrected chi connectivity index (χ1v) is 4.73. The summed E-state index contributed by atoms with van der Waals surface area (Å²) in [6.07, 6.45) is 1.31. The molecule has 0 saturated heterocycles. The topological polar surface area (TPSA) is 0 Å². The van der Waals surface area contributed by atoms with Crippen molar-refractivity contribution >= 4 is 11.3 Å². The summed E-state index contributed by atoms with van der Waals surface area (Å²) >= 11 is 1.92. The minimum atomic E-state index is 0.807. The largest absolute Gasteiger partial charge is 0.149 e. The van der Waals surface area contributed by atoms with Gasteiger partial charge in [0, 0.05) is 4.88 Å². The van der Waals surface area contributed by atoms with Crippen molar-refractivity contribution < 1.29 is 0 Å². The SMILES string of the molecule is CC1Cc2sccc2C1C. The van der Waals surface area contributed by atoms with E-state index in [1.807, 2.05) is 11.3 Å². The summed E-state index contributed by atoms with van der Waals surface area (Å²) in [7, 11) is 0. The Kier molecular flexibility index (Phi) is 1.34. The molecule has 1 aromatic heterocycles. The van der Waals surface area contributed by atoms with E-state index in [0.29, 0.717) is 0 Å². The third-order valence-electron chi connectivity index (χ3n) is 2.63. The maximum Gasteiger partial charge on any atom is 0.00829 e. The summed E-state index contributed by atoms with van der Waals surface area (Å²) < 4.78 is 0. The molecule has 54 valence electrons. The van der Waals surface area contributed by atoms with E-state index >= 15 is 0 Å². The van der Waals surface area contributed by atoms with Crippen molar-refractivity contribution in [1.29, 1.82) is 0 Å². The zero-order valence-electron chi connectivity index (χ0n) is 6.42. The normalized spacial score (nSPS) is 30.6. The van der Waals surface area contributed by atoms with E-state index in [-0.39, 0.29) is 0 Å². The highest BCUT2D eigenvalue weighted by molar-refractivity contribution is 7.10. The van der Waals surface area contributed by atoms with Crippen molar-refractivity contribution in [3.63, 3.8) is 0 Å². The Bertz CT molecular complexity index is 237. The van der Waals surface area contributed by atoms with Gasteiger partial charge in [-0.3, -0.25) is 0 Å². The van der Waals surface area contributed by atoms with Crippen LogP contribution < -0.4 is 0 Å². The first-order valence-electron chi connectivity index (χ1n) is 3.85. The van der Waals surface area contributed by atoms with Crippen LogP contribution in [0.2, 0.25) is 0 Å². The molecule has 0 spiro atoms. The van der Waals surface area contributed by atoms with E-state index < -0.39 is 0 Å². The van der Waals surface area contributed by atoms with E-state index in [0.717, 1.165) is 11.8 Å². The molecule has 1 aliphatic rings. The fourth-order valence-electron chi connectivity index (χ4n) is 1.70. The summed E-state index contributed by atoms with van der Waals surface area (Å²) in [5.74, 6) is 1.68. The predicted octanol–water partition coefficient (Wildman–Crippen LogP) is 3.04. The van der Waals surface area contributed by atoms with Crippen LogP contribution in [0.15, 0.2) is 11.4 Å². The summed E-state index contributed by atoms with van der Waals surface area (Å²) in [4.78, 5) is 1.63. The molecule has 1 aliphatic carbocycles. The van der Waals surface area contributed by atoms with Gasteiger partial charge in [0.25, 0.3) is 0 Å². The number of hydrogen-bond acceptors (Lipinski definition) is 1. The fraction of sp³-hybridized carbons (Fsp3) is 0.556. The van der Waals surface area contributed by atoms with Gasteiger partial charge in [0.05, 0.1) is 0 Å². The van der Waals surface area contributed by atoms with Crippen LogP contribution in [-0.2, 0) is 6.42 Å².